The van der Waals surface area contributed by atoms with Gasteiger partial charge in [0.05, 0.1) is 5.60 Å². The lowest BCUT2D eigenvalue weighted by molar-refractivity contribution is -0.148. The average Bonchev–Trinajstić information content (AvgIpc) is 3.47. The molecule has 1 aromatic heterocycles. The second-order valence-electron chi connectivity index (χ2n) is 9.71. The minimum Gasteiger partial charge on any atom is -0.375 e. The lowest BCUT2D eigenvalue weighted by Gasteiger charge is -2.46. The fourth-order valence-corrected chi connectivity index (χ4v) is 5.70. The van der Waals surface area contributed by atoms with Crippen LogP contribution in [-0.2, 0) is 16.0 Å². The van der Waals surface area contributed by atoms with E-state index in [0.29, 0.717) is 29.5 Å². The minimum atomic E-state index is -0.0880. The molecule has 166 valence electrons. The summed E-state index contributed by atoms with van der Waals surface area (Å²) in [6, 6.07) is 9.95. The number of benzene rings is 1. The summed E-state index contributed by atoms with van der Waals surface area (Å²) in [5.74, 6) is 2.83. The summed E-state index contributed by atoms with van der Waals surface area (Å²) in [4.78, 5) is 19.4. The van der Waals surface area contributed by atoms with Crippen molar-refractivity contribution in [2.45, 2.75) is 69.8 Å². The molecule has 1 unspecified atom stereocenters. The van der Waals surface area contributed by atoms with Crippen LogP contribution in [0.25, 0.3) is 11.4 Å². The van der Waals surface area contributed by atoms with Crippen LogP contribution in [0.3, 0.4) is 0 Å². The molecule has 1 aromatic carbocycles. The molecule has 3 heterocycles. The predicted molar refractivity (Wildman–Crippen MR) is 117 cm³/mol. The summed E-state index contributed by atoms with van der Waals surface area (Å²) in [6.07, 6.45) is 10.5. The first-order valence-corrected chi connectivity index (χ1v) is 12.0. The van der Waals surface area contributed by atoms with Gasteiger partial charge in [-0.2, -0.15) is 4.98 Å². The van der Waals surface area contributed by atoms with E-state index in [-0.39, 0.29) is 5.60 Å². The Morgan fingerprint density at radius 3 is 2.61 bits per heavy atom. The topological polar surface area (TPSA) is 68.5 Å². The molecule has 3 fully saturated rings. The van der Waals surface area contributed by atoms with Crippen molar-refractivity contribution in [2.75, 3.05) is 19.7 Å². The second-order valence-corrected chi connectivity index (χ2v) is 9.71. The molecule has 0 bridgehead atoms. The van der Waals surface area contributed by atoms with Crippen molar-refractivity contribution in [3.05, 3.63) is 36.2 Å². The maximum Gasteiger partial charge on any atom is 0.227 e. The Balaban J connectivity index is 1.15. The highest BCUT2D eigenvalue weighted by atomic mass is 16.5. The minimum absolute atomic E-state index is 0.0880. The summed E-state index contributed by atoms with van der Waals surface area (Å²) < 4.78 is 11.9. The van der Waals surface area contributed by atoms with E-state index in [1.165, 1.54) is 25.7 Å². The quantitative estimate of drug-likeness (QED) is 0.700. The van der Waals surface area contributed by atoms with Crippen LogP contribution in [0.2, 0.25) is 0 Å². The number of hydrogen-bond donors (Lipinski definition) is 0. The van der Waals surface area contributed by atoms with Crippen LogP contribution in [-0.4, -0.2) is 46.2 Å². The zero-order chi connectivity index (χ0) is 21.1. The number of nitrogens with zero attached hydrogens (tertiary/aromatic N) is 3. The maximum atomic E-state index is 12.7. The monoisotopic (exact) mass is 423 g/mol. The van der Waals surface area contributed by atoms with Crippen molar-refractivity contribution in [3.8, 4) is 11.4 Å². The predicted octanol–water partition coefficient (Wildman–Crippen LogP) is 4.65. The lowest BCUT2D eigenvalue weighted by atomic mass is 9.78. The first-order chi connectivity index (χ1) is 15.2. The number of amides is 1. The fraction of sp³-hybridized carbons (Fsp3) is 0.640. The standard InChI is InChI=1S/C25H33N3O3/c29-23(17-19-6-4-5-7-19)28-13-11-25(12-14-28)18-20(10-15-30-25)16-22-26-24(27-31-22)21-8-2-1-3-9-21/h1-3,8-9,19-20H,4-7,10-18H2. The molecule has 2 aromatic rings. The van der Waals surface area contributed by atoms with Gasteiger partial charge in [0, 0.05) is 38.1 Å². The number of piperidine rings is 1. The molecule has 0 radical (unpaired) electrons. The van der Waals surface area contributed by atoms with Gasteiger partial charge >= 0.3 is 0 Å². The van der Waals surface area contributed by atoms with E-state index in [4.69, 9.17) is 9.26 Å². The first-order valence-electron chi connectivity index (χ1n) is 12.0. The van der Waals surface area contributed by atoms with Gasteiger partial charge in [0.15, 0.2) is 0 Å². The van der Waals surface area contributed by atoms with Crippen molar-refractivity contribution in [1.29, 1.82) is 0 Å². The van der Waals surface area contributed by atoms with Crippen LogP contribution >= 0.6 is 0 Å². The molecule has 1 atom stereocenters. The van der Waals surface area contributed by atoms with Gasteiger partial charge in [-0.15, -0.1) is 0 Å². The number of rotatable bonds is 5. The largest absolute Gasteiger partial charge is 0.375 e. The van der Waals surface area contributed by atoms with Crippen molar-refractivity contribution < 1.29 is 14.1 Å². The van der Waals surface area contributed by atoms with Crippen LogP contribution in [0.5, 0.6) is 0 Å². The molecule has 31 heavy (non-hydrogen) atoms. The van der Waals surface area contributed by atoms with Gasteiger partial charge in [-0.3, -0.25) is 4.79 Å². The molecule has 0 N–H and O–H groups in total. The highest BCUT2D eigenvalue weighted by molar-refractivity contribution is 5.76. The Morgan fingerprint density at radius 1 is 1.06 bits per heavy atom. The third-order valence-electron chi connectivity index (χ3n) is 7.52. The molecule has 5 rings (SSSR count). The number of aromatic nitrogens is 2. The van der Waals surface area contributed by atoms with Gasteiger partial charge in [0.1, 0.15) is 0 Å². The average molecular weight is 424 g/mol. The molecule has 3 aliphatic rings. The van der Waals surface area contributed by atoms with E-state index < -0.39 is 0 Å². The molecule has 6 heteroatoms. The van der Waals surface area contributed by atoms with Gasteiger partial charge in [0.25, 0.3) is 0 Å². The molecule has 1 spiro atoms. The van der Waals surface area contributed by atoms with Crippen LogP contribution in [0.1, 0.15) is 63.7 Å². The SMILES string of the molecule is O=C(CC1CCCC1)N1CCC2(CC1)CC(Cc1nc(-c3ccccc3)no1)CCO2. The number of carbonyl (C=O) groups excluding carboxylic acids is 1. The van der Waals surface area contributed by atoms with Crippen LogP contribution in [0.4, 0.5) is 0 Å². The molecule has 2 saturated heterocycles. The van der Waals surface area contributed by atoms with Gasteiger partial charge in [-0.05, 0) is 50.4 Å². The zero-order valence-electron chi connectivity index (χ0n) is 18.3. The molecular weight excluding hydrogens is 390 g/mol. The molecule has 6 nitrogen and oxygen atoms in total. The Labute approximate surface area is 184 Å². The Morgan fingerprint density at radius 2 is 1.84 bits per heavy atom. The van der Waals surface area contributed by atoms with E-state index in [9.17, 15) is 4.79 Å². The summed E-state index contributed by atoms with van der Waals surface area (Å²) >= 11 is 0. The third kappa shape index (κ3) is 4.84. The fourth-order valence-electron chi connectivity index (χ4n) is 5.70. The molecule has 2 aliphatic heterocycles. The Hall–Kier alpha value is -2.21. The van der Waals surface area contributed by atoms with E-state index in [1.807, 2.05) is 30.3 Å². The summed E-state index contributed by atoms with van der Waals surface area (Å²) in [5, 5.41) is 4.17. The van der Waals surface area contributed by atoms with Gasteiger partial charge in [0.2, 0.25) is 17.6 Å². The normalized spacial score (nSPS) is 24.0. The van der Waals surface area contributed by atoms with Crippen molar-refractivity contribution in [1.82, 2.24) is 15.0 Å². The van der Waals surface area contributed by atoms with Gasteiger partial charge in [-0.1, -0.05) is 48.3 Å². The van der Waals surface area contributed by atoms with Crippen molar-refractivity contribution >= 4 is 5.91 Å². The van der Waals surface area contributed by atoms with Crippen LogP contribution in [0.15, 0.2) is 34.9 Å². The molecule has 1 saturated carbocycles. The smallest absolute Gasteiger partial charge is 0.227 e. The molecular formula is C25H33N3O3. The summed E-state index contributed by atoms with van der Waals surface area (Å²) in [7, 11) is 0. The van der Waals surface area contributed by atoms with E-state index in [2.05, 4.69) is 15.0 Å². The zero-order valence-corrected chi connectivity index (χ0v) is 18.3. The summed E-state index contributed by atoms with van der Waals surface area (Å²) in [6.45, 7) is 2.44. The first kappa shape index (κ1) is 20.7. The Bertz CT molecular complexity index is 867. The van der Waals surface area contributed by atoms with Gasteiger partial charge in [-0.25, -0.2) is 0 Å². The highest BCUT2D eigenvalue weighted by Gasteiger charge is 2.41. The summed E-state index contributed by atoms with van der Waals surface area (Å²) in [5.41, 5.74) is 0.894. The van der Waals surface area contributed by atoms with Gasteiger partial charge < -0.3 is 14.2 Å². The molecule has 1 amide bonds. The Kier molecular flexibility index (Phi) is 6.08. The number of carbonyl (C=O) groups is 1. The van der Waals surface area contributed by atoms with E-state index >= 15 is 0 Å². The molecule has 1 aliphatic carbocycles. The van der Waals surface area contributed by atoms with E-state index in [0.717, 1.165) is 63.8 Å². The van der Waals surface area contributed by atoms with Crippen LogP contribution in [0, 0.1) is 11.8 Å². The number of likely N-dealkylation sites (tertiary alicyclic amines) is 1. The maximum absolute atomic E-state index is 12.7. The van der Waals surface area contributed by atoms with Crippen molar-refractivity contribution in [2.24, 2.45) is 11.8 Å². The van der Waals surface area contributed by atoms with Crippen LogP contribution < -0.4 is 0 Å². The number of hydrogen-bond acceptors (Lipinski definition) is 5. The third-order valence-corrected chi connectivity index (χ3v) is 7.52. The van der Waals surface area contributed by atoms with E-state index in [1.54, 1.807) is 0 Å². The number of ether oxygens (including phenoxy) is 1. The highest BCUT2D eigenvalue weighted by Crippen LogP contribution is 2.39. The van der Waals surface area contributed by atoms with Crippen molar-refractivity contribution in [3.63, 3.8) is 0 Å². The lowest BCUT2D eigenvalue weighted by Crippen LogP contribution is -2.51. The second kappa shape index (κ2) is 9.11.